The van der Waals surface area contributed by atoms with Crippen molar-refractivity contribution in [3.8, 4) is 0 Å². The molecular weight excluding hydrogens is 444 g/mol. The minimum absolute atomic E-state index is 0. The molecule has 2 aliphatic heterocycles. The van der Waals surface area contributed by atoms with Crippen LogP contribution in [-0.4, -0.2) is 12.1 Å². The number of ether oxygens (including phenoxy) is 1. The molecule has 2 aromatic carbocycles. The van der Waals surface area contributed by atoms with Crippen LogP contribution in [0.2, 0.25) is 0 Å². The Morgan fingerprint density at radius 1 is 0.871 bits per heavy atom. The Morgan fingerprint density at radius 2 is 1.48 bits per heavy atom. The Morgan fingerprint density at radius 3 is 2.06 bits per heavy atom. The Hall–Kier alpha value is -1.77. The summed E-state index contributed by atoms with van der Waals surface area (Å²) in [6.45, 7) is -0.321. The van der Waals surface area contributed by atoms with Gasteiger partial charge in [-0.1, -0.05) is 30.3 Å². The van der Waals surface area contributed by atoms with Crippen LogP contribution in [0.5, 0.6) is 0 Å². The van der Waals surface area contributed by atoms with Gasteiger partial charge in [-0.3, -0.25) is 0 Å². The molecule has 2 nitrogen and oxygen atoms in total. The summed E-state index contributed by atoms with van der Waals surface area (Å²) in [7, 11) is 0. The minimum atomic E-state index is -4.87. The third-order valence-corrected chi connectivity index (χ3v) is 6.06. The summed E-state index contributed by atoms with van der Waals surface area (Å²) in [5, 5.41) is 3.59. The van der Waals surface area contributed by atoms with E-state index in [-0.39, 0.29) is 36.7 Å². The van der Waals surface area contributed by atoms with Crippen LogP contribution in [0.4, 0.5) is 26.3 Å². The molecule has 0 spiro atoms. The van der Waals surface area contributed by atoms with Crippen molar-refractivity contribution in [2.75, 3.05) is 0 Å². The molecule has 0 aliphatic carbocycles. The van der Waals surface area contributed by atoms with Crippen LogP contribution < -0.4 is 5.32 Å². The molecule has 2 bridgehead atoms. The van der Waals surface area contributed by atoms with Crippen LogP contribution in [0.15, 0.2) is 48.5 Å². The maximum absolute atomic E-state index is 13.1. The SMILES string of the molecule is Cl.FC(F)(F)c1cc(CO[C@@H]2CC[C@H]3CC[C@]2(c2ccccc2)N3)cc(C(F)(F)F)c1. The van der Waals surface area contributed by atoms with E-state index in [1.807, 2.05) is 30.3 Å². The number of rotatable bonds is 4. The largest absolute Gasteiger partial charge is 0.416 e. The highest BCUT2D eigenvalue weighted by Crippen LogP contribution is 2.45. The Kier molecular flexibility index (Phi) is 6.65. The molecular formula is C22H22ClF6NO. The van der Waals surface area contributed by atoms with Gasteiger partial charge in [-0.15, -0.1) is 12.4 Å². The zero-order chi connectivity index (χ0) is 21.6. The zero-order valence-electron chi connectivity index (χ0n) is 16.4. The first-order valence-corrected chi connectivity index (χ1v) is 9.81. The fourth-order valence-electron chi connectivity index (χ4n) is 4.65. The number of hydrogen-bond donors (Lipinski definition) is 1. The van der Waals surface area contributed by atoms with Gasteiger partial charge in [0.05, 0.1) is 29.4 Å². The molecule has 4 rings (SSSR count). The number of piperidine rings is 1. The maximum atomic E-state index is 13.1. The van der Waals surface area contributed by atoms with Crippen molar-refractivity contribution >= 4 is 12.4 Å². The number of alkyl halides is 6. The van der Waals surface area contributed by atoms with E-state index < -0.39 is 29.0 Å². The van der Waals surface area contributed by atoms with Crippen LogP contribution >= 0.6 is 12.4 Å². The van der Waals surface area contributed by atoms with E-state index in [9.17, 15) is 26.3 Å². The summed E-state index contributed by atoms with van der Waals surface area (Å²) in [6, 6.07) is 11.6. The van der Waals surface area contributed by atoms with Gasteiger partial charge in [0.15, 0.2) is 0 Å². The quantitative estimate of drug-likeness (QED) is 0.522. The van der Waals surface area contributed by atoms with Gasteiger partial charge in [0.1, 0.15) is 0 Å². The summed E-state index contributed by atoms with van der Waals surface area (Å²) in [6.07, 6.45) is -6.77. The average Bonchev–Trinajstić information content (AvgIpc) is 3.05. The molecule has 0 unspecified atom stereocenters. The van der Waals surface area contributed by atoms with Crippen molar-refractivity contribution in [2.24, 2.45) is 0 Å². The first-order valence-electron chi connectivity index (χ1n) is 9.81. The predicted molar refractivity (Wildman–Crippen MR) is 106 cm³/mol. The third-order valence-electron chi connectivity index (χ3n) is 6.06. The zero-order valence-corrected chi connectivity index (χ0v) is 17.2. The van der Waals surface area contributed by atoms with Crippen molar-refractivity contribution in [3.63, 3.8) is 0 Å². The molecule has 31 heavy (non-hydrogen) atoms. The normalized spacial score (nSPS) is 25.9. The molecule has 0 aromatic heterocycles. The Balaban J connectivity index is 0.00000272. The van der Waals surface area contributed by atoms with Crippen LogP contribution in [0.3, 0.4) is 0 Å². The van der Waals surface area contributed by atoms with Crippen LogP contribution in [0, 0.1) is 0 Å². The van der Waals surface area contributed by atoms with Gasteiger partial charge in [-0.05, 0) is 55.0 Å². The maximum Gasteiger partial charge on any atom is 0.416 e. The minimum Gasteiger partial charge on any atom is -0.371 e. The van der Waals surface area contributed by atoms with Crippen LogP contribution in [0.25, 0.3) is 0 Å². The molecule has 9 heteroatoms. The Bertz CT molecular complexity index is 869. The predicted octanol–water partition coefficient (Wildman–Crippen LogP) is 6.47. The molecule has 170 valence electrons. The molecule has 2 heterocycles. The molecule has 0 amide bonds. The highest BCUT2D eigenvalue weighted by atomic mass is 35.5. The molecule has 0 radical (unpaired) electrons. The lowest BCUT2D eigenvalue weighted by Crippen LogP contribution is -2.54. The summed E-state index contributed by atoms with van der Waals surface area (Å²) >= 11 is 0. The average molecular weight is 466 g/mol. The molecule has 2 aromatic rings. The number of halogens is 7. The second-order valence-electron chi connectivity index (χ2n) is 8.01. The smallest absolute Gasteiger partial charge is 0.371 e. The molecule has 1 N–H and O–H groups in total. The highest BCUT2D eigenvalue weighted by Gasteiger charge is 2.50. The van der Waals surface area contributed by atoms with E-state index in [0.717, 1.165) is 37.0 Å². The van der Waals surface area contributed by atoms with E-state index in [2.05, 4.69) is 5.32 Å². The van der Waals surface area contributed by atoms with Gasteiger partial charge in [0.25, 0.3) is 0 Å². The van der Waals surface area contributed by atoms with Gasteiger partial charge in [-0.25, -0.2) is 0 Å². The van der Waals surface area contributed by atoms with Gasteiger partial charge in [0.2, 0.25) is 0 Å². The summed E-state index contributed by atoms with van der Waals surface area (Å²) in [4.78, 5) is 0. The summed E-state index contributed by atoms with van der Waals surface area (Å²) < 4.78 is 84.7. The monoisotopic (exact) mass is 465 g/mol. The van der Waals surface area contributed by atoms with Gasteiger partial charge < -0.3 is 10.1 Å². The van der Waals surface area contributed by atoms with E-state index in [1.165, 1.54) is 0 Å². The van der Waals surface area contributed by atoms with E-state index in [4.69, 9.17) is 4.74 Å². The second-order valence-corrected chi connectivity index (χ2v) is 8.01. The first-order chi connectivity index (χ1) is 14.1. The first kappa shape index (κ1) is 23.9. The Labute approximate surface area is 182 Å². The van der Waals surface area contributed by atoms with Crippen molar-refractivity contribution in [1.29, 1.82) is 0 Å². The van der Waals surface area contributed by atoms with Crippen LogP contribution in [-0.2, 0) is 29.2 Å². The number of hydrogen-bond acceptors (Lipinski definition) is 2. The molecule has 2 saturated heterocycles. The number of nitrogens with one attached hydrogen (secondary N) is 1. The van der Waals surface area contributed by atoms with Crippen molar-refractivity contribution in [3.05, 3.63) is 70.8 Å². The number of benzene rings is 2. The van der Waals surface area contributed by atoms with Gasteiger partial charge in [-0.2, -0.15) is 26.3 Å². The number of fused-ring (bicyclic) bond motifs is 2. The third kappa shape index (κ3) is 4.86. The fraction of sp³-hybridized carbons (Fsp3) is 0.455. The van der Waals surface area contributed by atoms with Crippen molar-refractivity contribution in [1.82, 2.24) is 5.32 Å². The lowest BCUT2D eigenvalue weighted by atomic mass is 9.80. The van der Waals surface area contributed by atoms with E-state index in [1.54, 1.807) is 0 Å². The molecule has 3 atom stereocenters. The topological polar surface area (TPSA) is 21.3 Å². The lowest BCUT2D eigenvalue weighted by Gasteiger charge is -2.42. The van der Waals surface area contributed by atoms with E-state index >= 15 is 0 Å². The second kappa shape index (κ2) is 8.64. The molecule has 2 aliphatic rings. The van der Waals surface area contributed by atoms with Crippen LogP contribution in [0.1, 0.15) is 47.9 Å². The highest BCUT2D eigenvalue weighted by molar-refractivity contribution is 5.85. The summed E-state index contributed by atoms with van der Waals surface area (Å²) in [5.74, 6) is 0. The fourth-order valence-corrected chi connectivity index (χ4v) is 4.65. The molecule has 0 saturated carbocycles. The molecule has 2 fully saturated rings. The van der Waals surface area contributed by atoms with E-state index in [0.29, 0.717) is 12.5 Å². The lowest BCUT2D eigenvalue weighted by molar-refractivity contribution is -0.143. The van der Waals surface area contributed by atoms with Gasteiger partial charge >= 0.3 is 12.4 Å². The standard InChI is InChI=1S/C22H21F6NO.ClH/c23-21(24,25)16-10-14(11-17(12-16)22(26,27)28)13-30-19-7-6-18-8-9-20(19,29-18)15-4-2-1-3-5-15;/h1-5,10-12,18-19,29H,6-9,13H2;1H/t18-,19+,20+;/m0./s1. The van der Waals surface area contributed by atoms with Crippen molar-refractivity contribution < 1.29 is 31.1 Å². The summed E-state index contributed by atoms with van der Waals surface area (Å²) in [5.41, 5.74) is -2.23. The van der Waals surface area contributed by atoms with Crippen molar-refractivity contribution in [2.45, 2.75) is 62.3 Å². The van der Waals surface area contributed by atoms with Gasteiger partial charge in [0, 0.05) is 6.04 Å².